The zero-order valence-electron chi connectivity index (χ0n) is 13.7. The molecule has 130 valence electrons. The zero-order chi connectivity index (χ0) is 17.0. The zero-order valence-corrected chi connectivity index (χ0v) is 14.5. The van der Waals surface area contributed by atoms with Crippen LogP contribution in [-0.2, 0) is 19.6 Å². The molecular formula is C16H24NO5S-. The highest BCUT2D eigenvalue weighted by Crippen LogP contribution is 2.64. The number of carbonyl (C=O) groups excluding carboxylic acids is 2. The Balaban J connectivity index is 1.77. The number of nitrogens with zero attached hydrogens (tertiary/aromatic N) is 1. The molecule has 3 rings (SSSR count). The molecule has 0 aromatic heterocycles. The van der Waals surface area contributed by atoms with Crippen LogP contribution in [0.15, 0.2) is 0 Å². The van der Waals surface area contributed by atoms with Crippen molar-refractivity contribution < 1.29 is 23.1 Å². The molecule has 0 radical (unpaired) electrons. The van der Waals surface area contributed by atoms with Gasteiger partial charge in [-0.05, 0) is 37.0 Å². The quantitative estimate of drug-likeness (QED) is 0.726. The number of rotatable bonds is 4. The van der Waals surface area contributed by atoms with E-state index in [2.05, 4.69) is 0 Å². The van der Waals surface area contributed by atoms with Gasteiger partial charge in [0.25, 0.3) is 0 Å². The van der Waals surface area contributed by atoms with E-state index in [0.29, 0.717) is 12.8 Å². The number of ketones is 1. The third-order valence-electron chi connectivity index (χ3n) is 6.75. The molecule has 2 bridgehead atoms. The van der Waals surface area contributed by atoms with Gasteiger partial charge in [0, 0.05) is 36.8 Å². The highest BCUT2D eigenvalue weighted by molar-refractivity contribution is 7.89. The van der Waals surface area contributed by atoms with Crippen LogP contribution in [0.4, 0.5) is 0 Å². The summed E-state index contributed by atoms with van der Waals surface area (Å²) >= 11 is 0. The summed E-state index contributed by atoms with van der Waals surface area (Å²) in [6, 6.07) is 0. The van der Waals surface area contributed by atoms with Crippen LogP contribution in [0.1, 0.15) is 46.0 Å². The lowest BCUT2D eigenvalue weighted by atomic mass is 9.70. The second-order valence-electron chi connectivity index (χ2n) is 7.92. The maximum absolute atomic E-state index is 12.8. The molecule has 0 spiro atoms. The number of fused-ring (bicyclic) bond motifs is 2. The molecule has 2 atom stereocenters. The summed E-state index contributed by atoms with van der Waals surface area (Å²) in [6.07, 6.45) is 2.64. The number of Topliss-reactive ketones (excluding diaryl/α,β-unsaturated/α-hetero) is 1. The molecule has 0 aromatic carbocycles. The number of piperidine rings is 1. The molecule has 3 fully saturated rings. The van der Waals surface area contributed by atoms with E-state index in [1.165, 1.54) is 4.31 Å². The van der Waals surface area contributed by atoms with E-state index < -0.39 is 27.3 Å². The first-order valence-corrected chi connectivity index (χ1v) is 9.93. The normalized spacial score (nSPS) is 34.9. The molecule has 2 saturated carbocycles. The smallest absolute Gasteiger partial charge is 0.215 e. The first-order chi connectivity index (χ1) is 10.6. The molecule has 0 unspecified atom stereocenters. The van der Waals surface area contributed by atoms with Crippen LogP contribution >= 0.6 is 0 Å². The number of carboxylic acid groups (broad SMARTS) is 1. The number of aliphatic carboxylic acids is 1. The molecule has 0 N–H and O–H groups in total. The number of carboxylic acids is 1. The van der Waals surface area contributed by atoms with Gasteiger partial charge in [0.1, 0.15) is 5.78 Å². The third kappa shape index (κ3) is 2.43. The van der Waals surface area contributed by atoms with Crippen molar-refractivity contribution in [2.45, 2.75) is 46.0 Å². The van der Waals surface area contributed by atoms with Crippen LogP contribution in [-0.4, -0.2) is 43.3 Å². The first-order valence-electron chi connectivity index (χ1n) is 8.32. The van der Waals surface area contributed by atoms with Crippen molar-refractivity contribution in [3.05, 3.63) is 0 Å². The van der Waals surface area contributed by atoms with E-state index >= 15 is 0 Å². The monoisotopic (exact) mass is 342 g/mol. The van der Waals surface area contributed by atoms with Crippen LogP contribution in [0.3, 0.4) is 0 Å². The topological polar surface area (TPSA) is 94.6 Å². The Morgan fingerprint density at radius 3 is 2.30 bits per heavy atom. The van der Waals surface area contributed by atoms with Crippen molar-refractivity contribution in [2.75, 3.05) is 18.8 Å². The van der Waals surface area contributed by atoms with E-state index in [4.69, 9.17) is 0 Å². The van der Waals surface area contributed by atoms with E-state index in [1.807, 2.05) is 13.8 Å². The van der Waals surface area contributed by atoms with Crippen LogP contribution in [0.5, 0.6) is 0 Å². The molecule has 23 heavy (non-hydrogen) atoms. The maximum atomic E-state index is 12.8. The summed E-state index contributed by atoms with van der Waals surface area (Å²) < 4.78 is 27.1. The van der Waals surface area contributed by atoms with E-state index in [1.54, 1.807) is 0 Å². The fraction of sp³-hybridized carbons (Fsp3) is 0.875. The van der Waals surface area contributed by atoms with Gasteiger partial charge in [0.15, 0.2) is 0 Å². The van der Waals surface area contributed by atoms with Gasteiger partial charge >= 0.3 is 0 Å². The minimum atomic E-state index is -3.56. The van der Waals surface area contributed by atoms with Crippen LogP contribution < -0.4 is 5.11 Å². The van der Waals surface area contributed by atoms with Gasteiger partial charge in [-0.2, -0.15) is 0 Å². The first kappa shape index (κ1) is 16.9. The molecule has 1 saturated heterocycles. The molecule has 0 aromatic rings. The van der Waals surface area contributed by atoms with Gasteiger partial charge in [-0.1, -0.05) is 13.8 Å². The summed E-state index contributed by atoms with van der Waals surface area (Å²) in [5.41, 5.74) is -1.04. The Morgan fingerprint density at radius 2 is 1.87 bits per heavy atom. The summed E-state index contributed by atoms with van der Waals surface area (Å²) in [5, 5.41) is 10.9. The Labute approximate surface area is 137 Å². The van der Waals surface area contributed by atoms with Crippen LogP contribution in [0, 0.1) is 22.7 Å². The molecule has 1 heterocycles. The number of carbonyl (C=O) groups is 2. The van der Waals surface area contributed by atoms with Crippen molar-refractivity contribution in [1.82, 2.24) is 4.31 Å². The highest BCUT2D eigenvalue weighted by Gasteiger charge is 2.65. The minimum absolute atomic E-state index is 0.0898. The van der Waals surface area contributed by atoms with Crippen molar-refractivity contribution in [3.8, 4) is 0 Å². The van der Waals surface area contributed by atoms with Crippen LogP contribution in [0.2, 0.25) is 0 Å². The van der Waals surface area contributed by atoms with Gasteiger partial charge in [-0.3, -0.25) is 4.79 Å². The molecule has 1 aliphatic heterocycles. The second kappa shape index (κ2) is 5.28. The SMILES string of the molecule is CC1(C)[C@@H]2CC[C@@]1(CS(=O)(=O)N1CCC(C(=O)[O-])CC1)C(=O)C2. The van der Waals surface area contributed by atoms with Gasteiger partial charge in [0.2, 0.25) is 10.0 Å². The van der Waals surface area contributed by atoms with Crippen molar-refractivity contribution in [3.63, 3.8) is 0 Å². The molecule has 6 nitrogen and oxygen atoms in total. The Morgan fingerprint density at radius 1 is 1.26 bits per heavy atom. The van der Waals surface area contributed by atoms with Crippen molar-refractivity contribution in [2.24, 2.45) is 22.7 Å². The largest absolute Gasteiger partial charge is 0.550 e. The predicted octanol–water partition coefficient (Wildman–Crippen LogP) is 0.174. The maximum Gasteiger partial charge on any atom is 0.215 e. The lowest BCUT2D eigenvalue weighted by Crippen LogP contribution is -2.49. The Hall–Kier alpha value is -0.950. The molecular weight excluding hydrogens is 318 g/mol. The number of hydrogen-bond acceptors (Lipinski definition) is 5. The van der Waals surface area contributed by atoms with Gasteiger partial charge in [-0.25, -0.2) is 12.7 Å². The van der Waals surface area contributed by atoms with Crippen LogP contribution in [0.25, 0.3) is 0 Å². The Bertz CT molecular complexity index is 633. The van der Waals surface area contributed by atoms with E-state index in [9.17, 15) is 23.1 Å². The molecule has 0 amide bonds. The van der Waals surface area contributed by atoms with Gasteiger partial charge in [0.05, 0.1) is 5.75 Å². The second-order valence-corrected chi connectivity index (χ2v) is 9.88. The number of hydrogen-bond donors (Lipinski definition) is 0. The summed E-state index contributed by atoms with van der Waals surface area (Å²) in [7, 11) is -3.56. The van der Waals surface area contributed by atoms with E-state index in [-0.39, 0.29) is 48.8 Å². The summed E-state index contributed by atoms with van der Waals surface area (Å²) in [6.45, 7) is 4.45. The minimum Gasteiger partial charge on any atom is -0.550 e. The van der Waals surface area contributed by atoms with Crippen molar-refractivity contribution >= 4 is 21.8 Å². The summed E-state index contributed by atoms with van der Waals surface area (Å²) in [5.74, 6) is -1.43. The standard InChI is InChI=1S/C16H25NO5S/c1-15(2)12-3-6-16(15,13(18)9-12)10-23(21,22)17-7-4-11(5-8-17)14(19)20/h11-12H,3-10H2,1-2H3,(H,19,20)/p-1/t12-,16-/m1/s1. The Kier molecular flexibility index (Phi) is 3.87. The average Bonchev–Trinajstić information content (AvgIpc) is 2.81. The van der Waals surface area contributed by atoms with Gasteiger partial charge < -0.3 is 9.90 Å². The molecule has 7 heteroatoms. The molecule has 2 aliphatic carbocycles. The lowest BCUT2D eigenvalue weighted by Gasteiger charge is -2.39. The summed E-state index contributed by atoms with van der Waals surface area (Å²) in [4.78, 5) is 23.4. The van der Waals surface area contributed by atoms with Gasteiger partial charge in [-0.15, -0.1) is 0 Å². The highest BCUT2D eigenvalue weighted by atomic mass is 32.2. The predicted molar refractivity (Wildman–Crippen MR) is 81.7 cm³/mol. The van der Waals surface area contributed by atoms with E-state index in [0.717, 1.165) is 6.42 Å². The number of sulfonamides is 1. The lowest BCUT2D eigenvalue weighted by molar-refractivity contribution is -0.312. The third-order valence-corrected chi connectivity index (χ3v) is 8.76. The fourth-order valence-corrected chi connectivity index (χ4v) is 7.13. The molecule has 3 aliphatic rings. The fourth-order valence-electron chi connectivity index (χ4n) is 4.88. The average molecular weight is 342 g/mol. The van der Waals surface area contributed by atoms with Crippen molar-refractivity contribution in [1.29, 1.82) is 0 Å².